The normalized spacial score (nSPS) is 17.4. The van der Waals surface area contributed by atoms with Gasteiger partial charge in [-0.05, 0) is 48.4 Å². The zero-order chi connectivity index (χ0) is 23.7. The number of carbonyl (C=O) groups is 2. The van der Waals surface area contributed by atoms with E-state index in [1.807, 2.05) is 31.2 Å². The molecule has 1 unspecified atom stereocenters. The Labute approximate surface area is 195 Å². The van der Waals surface area contributed by atoms with E-state index in [1.54, 1.807) is 48.8 Å². The maximum Gasteiger partial charge on any atom is 0.302 e. The summed E-state index contributed by atoms with van der Waals surface area (Å²) in [5, 5.41) is 11.3. The molecule has 8 heteroatoms. The summed E-state index contributed by atoms with van der Waals surface area (Å²) in [4.78, 5) is 39.5. The number of hydrogen-bond acceptors (Lipinski definition) is 6. The van der Waals surface area contributed by atoms with E-state index < -0.39 is 17.7 Å². The maximum absolute atomic E-state index is 13.3. The van der Waals surface area contributed by atoms with Crippen LogP contribution in [0.5, 0.6) is 5.75 Å². The van der Waals surface area contributed by atoms with Crippen molar-refractivity contribution in [3.8, 4) is 5.75 Å². The van der Waals surface area contributed by atoms with E-state index in [9.17, 15) is 14.7 Å². The van der Waals surface area contributed by atoms with E-state index in [0.29, 0.717) is 29.0 Å². The van der Waals surface area contributed by atoms with E-state index in [-0.39, 0.29) is 17.3 Å². The van der Waals surface area contributed by atoms with Crippen LogP contribution in [0.2, 0.25) is 0 Å². The molecule has 0 bridgehead atoms. The molecule has 1 aliphatic heterocycles. The number of para-hydroxylation sites is 2. The third-order valence-corrected chi connectivity index (χ3v) is 5.65. The first-order chi connectivity index (χ1) is 16.6. The number of carbonyl (C=O) groups excluding carboxylic acids is 2. The molecule has 0 aliphatic carbocycles. The summed E-state index contributed by atoms with van der Waals surface area (Å²) in [5.74, 6) is -1.05. The summed E-state index contributed by atoms with van der Waals surface area (Å²) < 4.78 is 5.67. The number of imidazole rings is 1. The quantitative estimate of drug-likeness (QED) is 0.254. The Balaban J connectivity index is 1.67. The summed E-state index contributed by atoms with van der Waals surface area (Å²) >= 11 is 0. The molecule has 0 spiro atoms. The molecule has 1 saturated heterocycles. The topological polar surface area (TPSA) is 108 Å². The van der Waals surface area contributed by atoms with E-state index in [0.717, 1.165) is 11.9 Å². The minimum absolute atomic E-state index is 0.0238. The highest BCUT2D eigenvalue weighted by atomic mass is 16.5. The number of H-pyrrole nitrogens is 1. The van der Waals surface area contributed by atoms with Gasteiger partial charge in [0.2, 0.25) is 5.95 Å². The van der Waals surface area contributed by atoms with Gasteiger partial charge in [0.05, 0.1) is 29.3 Å². The highest BCUT2D eigenvalue weighted by Crippen LogP contribution is 2.41. The van der Waals surface area contributed by atoms with Gasteiger partial charge in [-0.1, -0.05) is 31.2 Å². The molecule has 1 aliphatic rings. The zero-order valence-electron chi connectivity index (χ0n) is 18.4. The Bertz CT molecular complexity index is 1380. The second kappa shape index (κ2) is 8.82. The van der Waals surface area contributed by atoms with Crippen LogP contribution in [-0.4, -0.2) is 38.4 Å². The Hall–Kier alpha value is -4.46. The van der Waals surface area contributed by atoms with Crippen molar-refractivity contribution >= 4 is 34.4 Å². The Kier molecular flexibility index (Phi) is 5.55. The standard InChI is InChI=1S/C26H22N4O4/c1-2-14-34-18-7-5-6-17(15-18)23(31)21-22(16-10-12-27-13-11-16)30(25(33)24(21)32)26-28-19-8-3-4-9-20(19)29-26/h3-13,15,22,31H,2,14H2,1H3,(H,28,29)/b23-21+. The molecule has 170 valence electrons. The Morgan fingerprint density at radius 2 is 1.88 bits per heavy atom. The van der Waals surface area contributed by atoms with Crippen LogP contribution < -0.4 is 9.64 Å². The smallest absolute Gasteiger partial charge is 0.302 e. The van der Waals surface area contributed by atoms with E-state index in [4.69, 9.17) is 4.74 Å². The molecule has 0 radical (unpaired) electrons. The number of aromatic amines is 1. The lowest BCUT2D eigenvalue weighted by Gasteiger charge is -2.22. The molecular weight excluding hydrogens is 432 g/mol. The monoisotopic (exact) mass is 454 g/mol. The molecule has 2 aromatic heterocycles. The lowest BCUT2D eigenvalue weighted by molar-refractivity contribution is -0.132. The largest absolute Gasteiger partial charge is 0.507 e. The van der Waals surface area contributed by atoms with E-state index in [2.05, 4.69) is 15.0 Å². The third-order valence-electron chi connectivity index (χ3n) is 5.65. The number of aliphatic hydroxyl groups is 1. The van der Waals surface area contributed by atoms with Gasteiger partial charge in [-0.15, -0.1) is 0 Å². The summed E-state index contributed by atoms with van der Waals surface area (Å²) in [6.07, 6.45) is 3.99. The molecule has 2 N–H and O–H groups in total. The number of aliphatic hydroxyl groups excluding tert-OH is 1. The van der Waals surface area contributed by atoms with E-state index in [1.165, 1.54) is 4.90 Å². The van der Waals surface area contributed by atoms with Crippen molar-refractivity contribution in [3.63, 3.8) is 0 Å². The fraction of sp³-hybridized carbons (Fsp3) is 0.154. The second-order valence-corrected chi connectivity index (χ2v) is 7.90. The summed E-state index contributed by atoms with van der Waals surface area (Å²) in [5.41, 5.74) is 2.37. The molecule has 34 heavy (non-hydrogen) atoms. The van der Waals surface area contributed by atoms with Gasteiger partial charge in [-0.3, -0.25) is 19.5 Å². The van der Waals surface area contributed by atoms with Crippen LogP contribution in [-0.2, 0) is 9.59 Å². The van der Waals surface area contributed by atoms with Gasteiger partial charge < -0.3 is 14.8 Å². The first-order valence-corrected chi connectivity index (χ1v) is 11.0. The summed E-state index contributed by atoms with van der Waals surface area (Å²) in [7, 11) is 0. The number of benzene rings is 2. The van der Waals surface area contributed by atoms with Gasteiger partial charge in [-0.2, -0.15) is 0 Å². The van der Waals surface area contributed by atoms with Crippen molar-refractivity contribution in [3.05, 3.63) is 89.8 Å². The first-order valence-electron chi connectivity index (χ1n) is 11.0. The van der Waals surface area contributed by atoms with Crippen molar-refractivity contribution < 1.29 is 19.4 Å². The number of pyridine rings is 1. The van der Waals surface area contributed by atoms with Crippen molar-refractivity contribution in [1.82, 2.24) is 15.0 Å². The number of ether oxygens (including phenoxy) is 1. The van der Waals surface area contributed by atoms with Crippen LogP contribution >= 0.6 is 0 Å². The van der Waals surface area contributed by atoms with Crippen LogP contribution in [0.3, 0.4) is 0 Å². The lowest BCUT2D eigenvalue weighted by atomic mass is 9.96. The molecule has 2 aromatic carbocycles. The number of rotatable bonds is 6. The molecule has 0 saturated carbocycles. The third kappa shape index (κ3) is 3.69. The SMILES string of the molecule is CCCOc1cccc(/C(O)=C2\C(=O)C(=O)N(c3nc4ccccc4[nH]3)C2c2ccncc2)c1. The molecule has 1 atom stereocenters. The number of amides is 1. The molecule has 1 fully saturated rings. The van der Waals surface area contributed by atoms with Gasteiger partial charge in [-0.25, -0.2) is 4.98 Å². The number of anilines is 1. The number of hydrogen-bond donors (Lipinski definition) is 2. The fourth-order valence-corrected chi connectivity index (χ4v) is 4.07. The molecule has 8 nitrogen and oxygen atoms in total. The number of ketones is 1. The second-order valence-electron chi connectivity index (χ2n) is 7.90. The van der Waals surface area contributed by atoms with Gasteiger partial charge >= 0.3 is 5.91 Å². The van der Waals surface area contributed by atoms with Gasteiger partial charge in [0.15, 0.2) is 0 Å². The molecule has 1 amide bonds. The van der Waals surface area contributed by atoms with Gasteiger partial charge in [0.1, 0.15) is 11.5 Å². The summed E-state index contributed by atoms with van der Waals surface area (Å²) in [6, 6.07) is 16.7. The highest BCUT2D eigenvalue weighted by molar-refractivity contribution is 6.51. The van der Waals surface area contributed by atoms with Crippen LogP contribution in [0, 0.1) is 0 Å². The Morgan fingerprint density at radius 3 is 2.65 bits per heavy atom. The maximum atomic E-state index is 13.3. The lowest BCUT2D eigenvalue weighted by Crippen LogP contribution is -2.30. The number of nitrogens with zero attached hydrogens (tertiary/aromatic N) is 3. The predicted octanol–water partition coefficient (Wildman–Crippen LogP) is 4.37. The van der Waals surface area contributed by atoms with Crippen molar-refractivity contribution in [1.29, 1.82) is 0 Å². The molecular formula is C26H22N4O4. The van der Waals surface area contributed by atoms with Gasteiger partial charge in [0.25, 0.3) is 5.78 Å². The number of Topliss-reactive ketones (excluding diaryl/α,β-unsaturated/α-hetero) is 1. The molecule has 4 aromatic rings. The average Bonchev–Trinajstić information content (AvgIpc) is 3.41. The van der Waals surface area contributed by atoms with Crippen molar-refractivity contribution in [2.75, 3.05) is 11.5 Å². The molecule has 5 rings (SSSR count). The first kappa shape index (κ1) is 21.4. The highest BCUT2D eigenvalue weighted by Gasteiger charge is 2.48. The minimum Gasteiger partial charge on any atom is -0.507 e. The van der Waals surface area contributed by atoms with Crippen molar-refractivity contribution in [2.24, 2.45) is 0 Å². The molecule has 3 heterocycles. The van der Waals surface area contributed by atoms with Crippen molar-refractivity contribution in [2.45, 2.75) is 19.4 Å². The average molecular weight is 454 g/mol. The van der Waals surface area contributed by atoms with Crippen LogP contribution in [0.4, 0.5) is 5.95 Å². The van der Waals surface area contributed by atoms with E-state index >= 15 is 0 Å². The predicted molar refractivity (Wildman–Crippen MR) is 127 cm³/mol. The fourth-order valence-electron chi connectivity index (χ4n) is 4.07. The summed E-state index contributed by atoms with van der Waals surface area (Å²) in [6.45, 7) is 2.52. The number of aromatic nitrogens is 3. The van der Waals surface area contributed by atoms with Crippen LogP contribution in [0.25, 0.3) is 16.8 Å². The Morgan fingerprint density at radius 1 is 1.09 bits per heavy atom. The number of fused-ring (bicyclic) bond motifs is 1. The minimum atomic E-state index is -0.885. The van der Waals surface area contributed by atoms with Gasteiger partial charge in [0, 0.05) is 18.0 Å². The van der Waals surface area contributed by atoms with Crippen LogP contribution in [0.1, 0.15) is 30.5 Å². The number of nitrogens with one attached hydrogen (secondary N) is 1. The van der Waals surface area contributed by atoms with Crippen LogP contribution in [0.15, 0.2) is 78.6 Å². The zero-order valence-corrected chi connectivity index (χ0v) is 18.4.